The highest BCUT2D eigenvalue weighted by Gasteiger charge is 2.43. The zero-order chi connectivity index (χ0) is 24.8. The van der Waals surface area contributed by atoms with Gasteiger partial charge < -0.3 is 19.9 Å². The second-order valence-corrected chi connectivity index (χ2v) is 11.1. The van der Waals surface area contributed by atoms with Crippen LogP contribution in [-0.4, -0.2) is 74.4 Å². The fourth-order valence-electron chi connectivity index (χ4n) is 4.81. The molecule has 190 valence electrons. The zero-order valence-corrected chi connectivity index (χ0v) is 20.8. The van der Waals surface area contributed by atoms with Crippen LogP contribution in [0.4, 0.5) is 0 Å². The van der Waals surface area contributed by atoms with Crippen LogP contribution in [0.25, 0.3) is 0 Å². The third-order valence-corrected chi connectivity index (χ3v) is 8.66. The monoisotopic (exact) mass is 502 g/mol. The number of aryl methyl sites for hydroxylation is 1. The van der Waals surface area contributed by atoms with E-state index in [1.165, 1.54) is 4.31 Å². The number of sulfonamides is 1. The Morgan fingerprint density at radius 2 is 1.83 bits per heavy atom. The standard InChI is InChI=1S/C26H34N2O6S/c1-19-7-5-6-10-25(19)35(31,32)28-16-21(29)17-33-18-24-23(28)12-11-22(34-24)15-26(30)27-14-13-20-8-3-2-4-9-20/h2-10,21-24,29H,11-18H2,1H3,(H,27,30)/t21-,22+,23-,24+/m0/s1. The van der Waals surface area contributed by atoms with Crippen LogP contribution in [0.1, 0.15) is 30.4 Å². The van der Waals surface area contributed by atoms with Crippen molar-refractivity contribution in [2.45, 2.75) is 61.9 Å². The molecule has 0 spiro atoms. The molecule has 4 rings (SSSR count). The molecule has 2 N–H and O–H groups in total. The Balaban J connectivity index is 1.40. The summed E-state index contributed by atoms with van der Waals surface area (Å²) >= 11 is 0. The molecule has 0 aliphatic carbocycles. The minimum atomic E-state index is -3.86. The number of β-amino-alcohol motifs (C(OH)–C–C–N with tert-alkyl or cyclic N) is 1. The first-order valence-electron chi connectivity index (χ1n) is 12.1. The second kappa shape index (κ2) is 11.6. The molecule has 2 heterocycles. The van der Waals surface area contributed by atoms with Gasteiger partial charge in [0, 0.05) is 13.1 Å². The number of nitrogens with zero attached hydrogens (tertiary/aromatic N) is 1. The summed E-state index contributed by atoms with van der Waals surface area (Å²) in [7, 11) is -3.86. The Hall–Kier alpha value is -2.30. The van der Waals surface area contributed by atoms with Crippen molar-refractivity contribution >= 4 is 15.9 Å². The molecule has 0 bridgehead atoms. The molecule has 0 aromatic heterocycles. The molecule has 2 aliphatic heterocycles. The highest BCUT2D eigenvalue weighted by atomic mass is 32.2. The van der Waals surface area contributed by atoms with Crippen LogP contribution >= 0.6 is 0 Å². The lowest BCUT2D eigenvalue weighted by Gasteiger charge is -2.43. The van der Waals surface area contributed by atoms with E-state index in [-0.39, 0.29) is 43.1 Å². The number of nitrogens with one attached hydrogen (secondary N) is 1. The molecule has 0 unspecified atom stereocenters. The van der Waals surface area contributed by atoms with E-state index in [0.717, 1.165) is 12.0 Å². The summed E-state index contributed by atoms with van der Waals surface area (Å²) in [6.07, 6.45) is 0.274. The number of rotatable bonds is 7. The first-order valence-corrected chi connectivity index (χ1v) is 13.6. The molecule has 2 fully saturated rings. The van der Waals surface area contributed by atoms with E-state index in [0.29, 0.717) is 24.9 Å². The predicted octanol–water partition coefficient (Wildman–Crippen LogP) is 2.04. The molecular weight excluding hydrogens is 468 g/mol. The maximum atomic E-state index is 13.6. The summed E-state index contributed by atoms with van der Waals surface area (Å²) in [5.41, 5.74) is 1.81. The number of carbonyl (C=O) groups is 1. The van der Waals surface area contributed by atoms with Gasteiger partial charge >= 0.3 is 0 Å². The first-order chi connectivity index (χ1) is 16.8. The Morgan fingerprint density at radius 1 is 1.09 bits per heavy atom. The second-order valence-electron chi connectivity index (χ2n) is 9.26. The van der Waals surface area contributed by atoms with Crippen LogP contribution < -0.4 is 5.32 Å². The lowest BCUT2D eigenvalue weighted by atomic mass is 9.96. The van der Waals surface area contributed by atoms with E-state index in [9.17, 15) is 18.3 Å². The molecule has 9 heteroatoms. The first kappa shape index (κ1) is 25.8. The average Bonchev–Trinajstić information content (AvgIpc) is 2.82. The van der Waals surface area contributed by atoms with Crippen molar-refractivity contribution in [3.63, 3.8) is 0 Å². The number of benzene rings is 2. The van der Waals surface area contributed by atoms with Crippen LogP contribution in [-0.2, 0) is 30.7 Å². The van der Waals surface area contributed by atoms with Gasteiger partial charge in [0.2, 0.25) is 15.9 Å². The maximum absolute atomic E-state index is 13.6. The lowest BCUT2D eigenvalue weighted by Crippen LogP contribution is -2.57. The lowest BCUT2D eigenvalue weighted by molar-refractivity contribution is -0.146. The van der Waals surface area contributed by atoms with E-state index >= 15 is 0 Å². The molecule has 1 amide bonds. The minimum absolute atomic E-state index is 0.0248. The van der Waals surface area contributed by atoms with Gasteiger partial charge in [-0.05, 0) is 43.4 Å². The van der Waals surface area contributed by atoms with E-state index in [1.807, 2.05) is 30.3 Å². The predicted molar refractivity (Wildman–Crippen MR) is 131 cm³/mol. The van der Waals surface area contributed by atoms with Crippen LogP contribution in [0.5, 0.6) is 0 Å². The SMILES string of the molecule is Cc1ccccc1S(=O)(=O)N1C[C@H](O)COC[C@H]2O[C@@H](CC(=O)NCCc3ccccc3)CC[C@@H]21. The molecule has 2 saturated heterocycles. The van der Waals surface area contributed by atoms with Gasteiger partial charge in [-0.2, -0.15) is 4.31 Å². The number of aliphatic hydroxyl groups is 1. The molecule has 8 nitrogen and oxygen atoms in total. The van der Waals surface area contributed by atoms with Gasteiger partial charge in [-0.3, -0.25) is 4.79 Å². The largest absolute Gasteiger partial charge is 0.389 e. The summed E-state index contributed by atoms with van der Waals surface area (Å²) in [6, 6.07) is 16.3. The molecule has 0 saturated carbocycles. The van der Waals surface area contributed by atoms with Crippen molar-refractivity contribution in [3.05, 3.63) is 65.7 Å². The van der Waals surface area contributed by atoms with E-state index in [4.69, 9.17) is 9.47 Å². The summed E-state index contributed by atoms with van der Waals surface area (Å²) in [6.45, 7) is 2.43. The van der Waals surface area contributed by atoms with Gasteiger partial charge in [0.05, 0.1) is 48.9 Å². The van der Waals surface area contributed by atoms with Crippen molar-refractivity contribution < 1.29 is 27.8 Å². The topological polar surface area (TPSA) is 105 Å². The summed E-state index contributed by atoms with van der Waals surface area (Å²) < 4.78 is 40.5. The van der Waals surface area contributed by atoms with Crippen molar-refractivity contribution in [2.24, 2.45) is 0 Å². The number of carbonyl (C=O) groups excluding carboxylic acids is 1. The molecule has 2 aromatic rings. The van der Waals surface area contributed by atoms with Gasteiger partial charge in [0.1, 0.15) is 0 Å². The number of ether oxygens (including phenoxy) is 2. The minimum Gasteiger partial charge on any atom is -0.389 e. The summed E-state index contributed by atoms with van der Waals surface area (Å²) in [4.78, 5) is 12.7. The third kappa shape index (κ3) is 6.48. The number of fused-ring (bicyclic) bond motifs is 1. The number of hydrogen-bond acceptors (Lipinski definition) is 6. The summed E-state index contributed by atoms with van der Waals surface area (Å²) in [5, 5.41) is 13.3. The average molecular weight is 503 g/mol. The van der Waals surface area contributed by atoms with E-state index in [1.54, 1.807) is 31.2 Å². The Bertz CT molecular complexity index is 1090. The van der Waals surface area contributed by atoms with Crippen molar-refractivity contribution in [2.75, 3.05) is 26.3 Å². The van der Waals surface area contributed by atoms with Crippen LogP contribution in [0.3, 0.4) is 0 Å². The van der Waals surface area contributed by atoms with E-state index < -0.39 is 28.3 Å². The molecule has 4 atom stereocenters. The summed E-state index contributed by atoms with van der Waals surface area (Å²) in [5.74, 6) is -0.0871. The van der Waals surface area contributed by atoms with Crippen LogP contribution in [0.15, 0.2) is 59.5 Å². The van der Waals surface area contributed by atoms with Gasteiger partial charge in [-0.1, -0.05) is 48.5 Å². The zero-order valence-electron chi connectivity index (χ0n) is 20.0. The smallest absolute Gasteiger partial charge is 0.243 e. The maximum Gasteiger partial charge on any atom is 0.243 e. The quantitative estimate of drug-likeness (QED) is 0.601. The third-order valence-electron chi connectivity index (χ3n) is 6.61. The fourth-order valence-corrected chi connectivity index (χ4v) is 6.76. The number of amides is 1. The number of aliphatic hydroxyl groups excluding tert-OH is 1. The van der Waals surface area contributed by atoms with Gasteiger partial charge in [0.15, 0.2) is 0 Å². The Morgan fingerprint density at radius 3 is 2.60 bits per heavy atom. The highest BCUT2D eigenvalue weighted by molar-refractivity contribution is 7.89. The Kier molecular flexibility index (Phi) is 8.56. The van der Waals surface area contributed by atoms with Crippen LogP contribution in [0.2, 0.25) is 0 Å². The van der Waals surface area contributed by atoms with Crippen molar-refractivity contribution in [1.29, 1.82) is 0 Å². The van der Waals surface area contributed by atoms with Gasteiger partial charge in [0.25, 0.3) is 0 Å². The highest BCUT2D eigenvalue weighted by Crippen LogP contribution is 2.32. The molecule has 2 aromatic carbocycles. The fraction of sp³-hybridized carbons (Fsp3) is 0.500. The van der Waals surface area contributed by atoms with Crippen molar-refractivity contribution in [1.82, 2.24) is 9.62 Å². The Labute approximate surface area is 207 Å². The van der Waals surface area contributed by atoms with Crippen LogP contribution in [0, 0.1) is 6.92 Å². The molecule has 0 radical (unpaired) electrons. The molecular formula is C26H34N2O6S. The molecule has 35 heavy (non-hydrogen) atoms. The van der Waals surface area contributed by atoms with Gasteiger partial charge in [-0.15, -0.1) is 0 Å². The van der Waals surface area contributed by atoms with E-state index in [2.05, 4.69) is 5.32 Å². The normalized spacial score (nSPS) is 25.8. The number of hydrogen-bond donors (Lipinski definition) is 2. The van der Waals surface area contributed by atoms with Crippen molar-refractivity contribution in [3.8, 4) is 0 Å². The van der Waals surface area contributed by atoms with Gasteiger partial charge in [-0.25, -0.2) is 8.42 Å². The molecule has 2 aliphatic rings.